The van der Waals surface area contributed by atoms with Gasteiger partial charge >= 0.3 is 0 Å². The maximum Gasteiger partial charge on any atom is 0.0400 e. The van der Waals surface area contributed by atoms with Crippen LogP contribution in [0.3, 0.4) is 0 Å². The molecule has 2 aliphatic heterocycles. The number of rotatable bonds is 4. The number of nitrogens with zero attached hydrogens (tertiary/aromatic N) is 2. The molecule has 0 bridgehead atoms. The van der Waals surface area contributed by atoms with E-state index in [9.17, 15) is 0 Å². The van der Waals surface area contributed by atoms with E-state index in [4.69, 9.17) is 0 Å². The van der Waals surface area contributed by atoms with Crippen molar-refractivity contribution in [3.8, 4) is 0 Å². The minimum absolute atomic E-state index is 0.615. The molecule has 1 aromatic rings. The van der Waals surface area contributed by atoms with Gasteiger partial charge in [-0.15, -0.1) is 0 Å². The van der Waals surface area contributed by atoms with E-state index in [0.717, 1.165) is 13.1 Å². The van der Waals surface area contributed by atoms with Crippen LogP contribution in [0.25, 0.3) is 0 Å². The Kier molecular flexibility index (Phi) is 4.04. The van der Waals surface area contributed by atoms with Crippen molar-refractivity contribution in [2.75, 3.05) is 38.5 Å². The van der Waals surface area contributed by atoms with Gasteiger partial charge in [0.15, 0.2) is 0 Å². The molecule has 2 aliphatic rings. The van der Waals surface area contributed by atoms with Crippen LogP contribution in [-0.2, 0) is 6.54 Å². The summed E-state index contributed by atoms with van der Waals surface area (Å²) in [4.78, 5) is 4.97. The van der Waals surface area contributed by atoms with Gasteiger partial charge in [0.05, 0.1) is 0 Å². The normalized spacial score (nSPS) is 25.0. The highest BCUT2D eigenvalue weighted by Gasteiger charge is 2.20. The number of benzene rings is 1. The van der Waals surface area contributed by atoms with Crippen molar-refractivity contribution in [2.45, 2.75) is 31.8 Å². The standard InChI is InChI=1S/C16H25N3/c1-18-11-8-15(13-18)17-16-7-3-2-6-14(16)12-19-9-4-5-10-19/h2-3,6-7,15,17H,4-5,8-13H2,1H3. The Hall–Kier alpha value is -1.06. The minimum Gasteiger partial charge on any atom is -0.381 e. The first-order valence-electron chi connectivity index (χ1n) is 7.56. The molecule has 0 radical (unpaired) electrons. The van der Waals surface area contributed by atoms with Gasteiger partial charge in [-0.3, -0.25) is 4.90 Å². The van der Waals surface area contributed by atoms with Gasteiger partial charge in [-0.05, 0) is 57.6 Å². The summed E-state index contributed by atoms with van der Waals surface area (Å²) in [6, 6.07) is 9.44. The summed E-state index contributed by atoms with van der Waals surface area (Å²) in [5.74, 6) is 0. The molecule has 2 saturated heterocycles. The quantitative estimate of drug-likeness (QED) is 0.896. The van der Waals surface area contributed by atoms with Crippen molar-refractivity contribution >= 4 is 5.69 Å². The molecular formula is C16H25N3. The summed E-state index contributed by atoms with van der Waals surface area (Å²) in [5.41, 5.74) is 2.80. The van der Waals surface area contributed by atoms with Crippen LogP contribution >= 0.6 is 0 Å². The number of likely N-dealkylation sites (N-methyl/N-ethyl adjacent to an activating group) is 1. The predicted octanol–water partition coefficient (Wildman–Crippen LogP) is 2.40. The van der Waals surface area contributed by atoms with Gasteiger partial charge in [-0.1, -0.05) is 18.2 Å². The summed E-state index contributed by atoms with van der Waals surface area (Å²) in [6.45, 7) is 6.01. The summed E-state index contributed by atoms with van der Waals surface area (Å²) < 4.78 is 0. The van der Waals surface area contributed by atoms with Gasteiger partial charge in [0.1, 0.15) is 0 Å². The maximum atomic E-state index is 3.75. The molecule has 104 valence electrons. The van der Waals surface area contributed by atoms with Crippen LogP contribution < -0.4 is 5.32 Å². The lowest BCUT2D eigenvalue weighted by atomic mass is 10.1. The average molecular weight is 259 g/mol. The van der Waals surface area contributed by atoms with E-state index in [0.29, 0.717) is 6.04 Å². The zero-order valence-corrected chi connectivity index (χ0v) is 11.9. The maximum absolute atomic E-state index is 3.75. The van der Waals surface area contributed by atoms with Gasteiger partial charge in [0.25, 0.3) is 0 Å². The first-order chi connectivity index (χ1) is 9.31. The van der Waals surface area contributed by atoms with E-state index in [1.807, 2.05) is 0 Å². The van der Waals surface area contributed by atoms with Crippen molar-refractivity contribution in [2.24, 2.45) is 0 Å². The Morgan fingerprint density at radius 2 is 1.95 bits per heavy atom. The molecule has 19 heavy (non-hydrogen) atoms. The van der Waals surface area contributed by atoms with Crippen molar-refractivity contribution in [1.82, 2.24) is 9.80 Å². The van der Waals surface area contributed by atoms with Crippen molar-refractivity contribution in [1.29, 1.82) is 0 Å². The first-order valence-corrected chi connectivity index (χ1v) is 7.56. The Labute approximate surface area is 116 Å². The minimum atomic E-state index is 0.615. The van der Waals surface area contributed by atoms with Crippen molar-refractivity contribution in [3.05, 3.63) is 29.8 Å². The van der Waals surface area contributed by atoms with Crippen LogP contribution in [0.2, 0.25) is 0 Å². The summed E-state index contributed by atoms with van der Waals surface area (Å²) >= 11 is 0. The third-order valence-corrected chi connectivity index (χ3v) is 4.36. The Balaban J connectivity index is 1.66. The SMILES string of the molecule is CN1CCC(Nc2ccccc2CN2CCCC2)C1. The fourth-order valence-electron chi connectivity index (χ4n) is 3.25. The van der Waals surface area contributed by atoms with Crippen LogP contribution in [0.15, 0.2) is 24.3 Å². The molecule has 0 aromatic heterocycles. The zero-order chi connectivity index (χ0) is 13.1. The molecule has 1 N–H and O–H groups in total. The van der Waals surface area contributed by atoms with Crippen molar-refractivity contribution < 1.29 is 0 Å². The number of anilines is 1. The zero-order valence-electron chi connectivity index (χ0n) is 11.9. The highest BCUT2D eigenvalue weighted by molar-refractivity contribution is 5.52. The molecule has 2 fully saturated rings. The van der Waals surface area contributed by atoms with E-state index in [2.05, 4.69) is 46.4 Å². The predicted molar refractivity (Wildman–Crippen MR) is 80.5 cm³/mol. The highest BCUT2D eigenvalue weighted by atomic mass is 15.2. The summed E-state index contributed by atoms with van der Waals surface area (Å²) in [5, 5.41) is 3.75. The van der Waals surface area contributed by atoms with Crippen LogP contribution in [0, 0.1) is 0 Å². The Morgan fingerprint density at radius 3 is 2.68 bits per heavy atom. The molecule has 1 atom stereocenters. The molecule has 3 heteroatoms. The van der Waals surface area contributed by atoms with Crippen LogP contribution in [0.1, 0.15) is 24.8 Å². The number of para-hydroxylation sites is 1. The lowest BCUT2D eigenvalue weighted by Gasteiger charge is -2.21. The Morgan fingerprint density at radius 1 is 1.16 bits per heavy atom. The van der Waals surface area contributed by atoms with Crippen LogP contribution in [0.4, 0.5) is 5.69 Å². The van der Waals surface area contributed by atoms with E-state index < -0.39 is 0 Å². The molecule has 3 nitrogen and oxygen atoms in total. The second-order valence-electron chi connectivity index (χ2n) is 6.03. The van der Waals surface area contributed by atoms with Crippen LogP contribution in [-0.4, -0.2) is 49.1 Å². The summed E-state index contributed by atoms with van der Waals surface area (Å²) in [7, 11) is 2.21. The van der Waals surface area contributed by atoms with Gasteiger partial charge < -0.3 is 10.2 Å². The molecule has 1 unspecified atom stereocenters. The Bertz CT molecular complexity index is 412. The van der Waals surface area contributed by atoms with E-state index in [1.165, 1.54) is 50.1 Å². The topological polar surface area (TPSA) is 18.5 Å². The fourth-order valence-corrected chi connectivity index (χ4v) is 3.25. The van der Waals surface area contributed by atoms with E-state index >= 15 is 0 Å². The number of nitrogens with one attached hydrogen (secondary N) is 1. The third kappa shape index (κ3) is 3.28. The highest BCUT2D eigenvalue weighted by Crippen LogP contribution is 2.22. The third-order valence-electron chi connectivity index (χ3n) is 4.36. The molecule has 1 aromatic carbocycles. The lowest BCUT2D eigenvalue weighted by Crippen LogP contribution is -2.25. The number of hydrogen-bond acceptors (Lipinski definition) is 3. The van der Waals surface area contributed by atoms with Gasteiger partial charge in [-0.25, -0.2) is 0 Å². The number of likely N-dealkylation sites (tertiary alicyclic amines) is 2. The first kappa shape index (κ1) is 12.9. The van der Waals surface area contributed by atoms with E-state index in [-0.39, 0.29) is 0 Å². The molecule has 3 rings (SSSR count). The molecular weight excluding hydrogens is 234 g/mol. The number of hydrogen-bond donors (Lipinski definition) is 1. The van der Waals surface area contributed by atoms with E-state index in [1.54, 1.807) is 0 Å². The van der Waals surface area contributed by atoms with Crippen LogP contribution in [0.5, 0.6) is 0 Å². The average Bonchev–Trinajstić information content (AvgIpc) is 3.04. The molecule has 0 saturated carbocycles. The lowest BCUT2D eigenvalue weighted by molar-refractivity contribution is 0.332. The fraction of sp³-hybridized carbons (Fsp3) is 0.625. The summed E-state index contributed by atoms with van der Waals surface area (Å²) in [6.07, 6.45) is 3.99. The van der Waals surface area contributed by atoms with Gasteiger partial charge in [0, 0.05) is 24.8 Å². The second-order valence-corrected chi connectivity index (χ2v) is 6.03. The largest absolute Gasteiger partial charge is 0.381 e. The monoisotopic (exact) mass is 259 g/mol. The second kappa shape index (κ2) is 5.93. The van der Waals surface area contributed by atoms with Gasteiger partial charge in [-0.2, -0.15) is 0 Å². The molecule has 0 amide bonds. The molecule has 0 aliphatic carbocycles. The molecule has 2 heterocycles. The van der Waals surface area contributed by atoms with Gasteiger partial charge in [0.2, 0.25) is 0 Å². The van der Waals surface area contributed by atoms with Crippen molar-refractivity contribution in [3.63, 3.8) is 0 Å². The molecule has 0 spiro atoms. The smallest absolute Gasteiger partial charge is 0.0400 e.